The average Bonchev–Trinajstić information content (AvgIpc) is 2.90. The van der Waals surface area contributed by atoms with E-state index in [0.29, 0.717) is 17.3 Å². The molecule has 0 bridgehead atoms. The highest BCUT2D eigenvalue weighted by molar-refractivity contribution is 5.72. The molecule has 1 aromatic heterocycles. The topological polar surface area (TPSA) is 67.6 Å². The molecule has 0 saturated heterocycles. The van der Waals surface area contributed by atoms with Crippen LogP contribution in [0.2, 0.25) is 0 Å². The van der Waals surface area contributed by atoms with Gasteiger partial charge in [-0.2, -0.15) is 10.4 Å². The second-order valence-corrected chi connectivity index (χ2v) is 5.39. The Kier molecular flexibility index (Phi) is 3.42. The number of nitrogens with zero attached hydrogens (tertiary/aromatic N) is 3. The molecule has 102 valence electrons. The summed E-state index contributed by atoms with van der Waals surface area (Å²) in [5.74, 6) is 0. The van der Waals surface area contributed by atoms with Crippen LogP contribution in [0.15, 0.2) is 30.5 Å². The molecule has 1 fully saturated rings. The molecule has 0 atom stereocenters. The van der Waals surface area contributed by atoms with E-state index in [0.717, 1.165) is 11.3 Å². The van der Waals surface area contributed by atoms with Crippen molar-refractivity contribution in [2.75, 3.05) is 5.73 Å². The summed E-state index contributed by atoms with van der Waals surface area (Å²) in [7, 11) is 0. The quantitative estimate of drug-likeness (QED) is 0.904. The van der Waals surface area contributed by atoms with Gasteiger partial charge in [0.25, 0.3) is 0 Å². The summed E-state index contributed by atoms with van der Waals surface area (Å²) in [5.41, 5.74) is 9.25. The molecule has 20 heavy (non-hydrogen) atoms. The molecule has 1 heterocycles. The van der Waals surface area contributed by atoms with Gasteiger partial charge in [-0.3, -0.25) is 4.68 Å². The number of nitrogens with two attached hydrogens (primary N) is 1. The summed E-state index contributed by atoms with van der Waals surface area (Å²) in [5, 5.41) is 13.5. The van der Waals surface area contributed by atoms with E-state index in [1.807, 2.05) is 23.0 Å². The van der Waals surface area contributed by atoms with Crippen LogP contribution in [0.5, 0.6) is 0 Å². The fourth-order valence-electron chi connectivity index (χ4n) is 2.87. The summed E-state index contributed by atoms with van der Waals surface area (Å²) in [4.78, 5) is 0. The van der Waals surface area contributed by atoms with E-state index in [9.17, 15) is 0 Å². The number of hydrogen-bond donors (Lipinski definition) is 1. The SMILES string of the molecule is N#Cc1ccc(-c2nn(C3CCCCC3)cc2N)cc1. The van der Waals surface area contributed by atoms with Crippen molar-refractivity contribution in [1.82, 2.24) is 9.78 Å². The highest BCUT2D eigenvalue weighted by Gasteiger charge is 2.18. The van der Waals surface area contributed by atoms with Gasteiger partial charge in [0.1, 0.15) is 5.69 Å². The predicted molar refractivity (Wildman–Crippen MR) is 78.9 cm³/mol. The fourth-order valence-corrected chi connectivity index (χ4v) is 2.87. The Labute approximate surface area is 118 Å². The summed E-state index contributed by atoms with van der Waals surface area (Å²) in [6, 6.07) is 10.0. The molecule has 1 aromatic carbocycles. The number of rotatable bonds is 2. The second kappa shape index (κ2) is 5.38. The number of anilines is 1. The number of nitrogen functional groups attached to an aromatic ring is 1. The van der Waals surface area contributed by atoms with Crippen LogP contribution in [0, 0.1) is 11.3 Å². The van der Waals surface area contributed by atoms with Gasteiger partial charge in [0, 0.05) is 11.8 Å². The fraction of sp³-hybridized carbons (Fsp3) is 0.375. The Balaban J connectivity index is 1.89. The van der Waals surface area contributed by atoms with Gasteiger partial charge in [-0.15, -0.1) is 0 Å². The van der Waals surface area contributed by atoms with Crippen molar-refractivity contribution in [1.29, 1.82) is 5.26 Å². The van der Waals surface area contributed by atoms with Crippen molar-refractivity contribution in [3.8, 4) is 17.3 Å². The molecule has 1 aliphatic rings. The predicted octanol–water partition coefficient (Wildman–Crippen LogP) is 3.51. The molecule has 1 aliphatic carbocycles. The molecule has 1 saturated carbocycles. The Hall–Kier alpha value is -2.28. The summed E-state index contributed by atoms with van der Waals surface area (Å²) >= 11 is 0. The first-order valence-corrected chi connectivity index (χ1v) is 7.13. The minimum Gasteiger partial charge on any atom is -0.396 e. The highest BCUT2D eigenvalue weighted by Crippen LogP contribution is 2.31. The molecule has 4 heteroatoms. The van der Waals surface area contributed by atoms with Crippen LogP contribution in [0.25, 0.3) is 11.3 Å². The van der Waals surface area contributed by atoms with Crippen LogP contribution in [0.3, 0.4) is 0 Å². The van der Waals surface area contributed by atoms with E-state index >= 15 is 0 Å². The zero-order valence-electron chi connectivity index (χ0n) is 11.4. The van der Waals surface area contributed by atoms with Gasteiger partial charge in [-0.1, -0.05) is 31.4 Å². The molecular weight excluding hydrogens is 248 g/mol. The van der Waals surface area contributed by atoms with Gasteiger partial charge in [-0.25, -0.2) is 0 Å². The third-order valence-corrected chi connectivity index (χ3v) is 4.00. The molecule has 0 spiro atoms. The first kappa shape index (κ1) is 12.7. The van der Waals surface area contributed by atoms with Gasteiger partial charge in [-0.05, 0) is 25.0 Å². The maximum atomic E-state index is 8.83. The van der Waals surface area contributed by atoms with Crippen molar-refractivity contribution in [2.45, 2.75) is 38.1 Å². The first-order chi connectivity index (χ1) is 9.78. The normalized spacial score (nSPS) is 15.9. The smallest absolute Gasteiger partial charge is 0.115 e. The molecule has 4 nitrogen and oxygen atoms in total. The van der Waals surface area contributed by atoms with Crippen LogP contribution in [0.4, 0.5) is 5.69 Å². The van der Waals surface area contributed by atoms with Crippen LogP contribution in [-0.2, 0) is 0 Å². The molecule has 0 aliphatic heterocycles. The van der Waals surface area contributed by atoms with E-state index in [4.69, 9.17) is 11.0 Å². The largest absolute Gasteiger partial charge is 0.396 e. The Morgan fingerprint density at radius 3 is 2.50 bits per heavy atom. The van der Waals surface area contributed by atoms with Crippen LogP contribution in [0.1, 0.15) is 43.7 Å². The lowest BCUT2D eigenvalue weighted by atomic mass is 9.96. The van der Waals surface area contributed by atoms with Gasteiger partial charge in [0.15, 0.2) is 0 Å². The minimum atomic E-state index is 0.484. The third kappa shape index (κ3) is 2.39. The Bertz CT molecular complexity index is 627. The molecular formula is C16H18N4. The van der Waals surface area contributed by atoms with Gasteiger partial charge in [0.05, 0.1) is 23.4 Å². The lowest BCUT2D eigenvalue weighted by molar-refractivity contribution is 0.330. The van der Waals surface area contributed by atoms with Gasteiger partial charge in [0.2, 0.25) is 0 Å². The van der Waals surface area contributed by atoms with E-state index in [1.165, 1.54) is 32.1 Å². The van der Waals surface area contributed by atoms with Crippen molar-refractivity contribution in [2.24, 2.45) is 0 Å². The average molecular weight is 266 g/mol. The number of aromatic nitrogens is 2. The molecule has 2 N–H and O–H groups in total. The third-order valence-electron chi connectivity index (χ3n) is 4.00. The van der Waals surface area contributed by atoms with Gasteiger partial charge >= 0.3 is 0 Å². The molecule has 3 rings (SSSR count). The Morgan fingerprint density at radius 1 is 1.15 bits per heavy atom. The van der Waals surface area contributed by atoms with Crippen LogP contribution >= 0.6 is 0 Å². The number of hydrogen-bond acceptors (Lipinski definition) is 3. The zero-order valence-corrected chi connectivity index (χ0v) is 11.4. The summed E-state index contributed by atoms with van der Waals surface area (Å²) in [6.45, 7) is 0. The highest BCUT2D eigenvalue weighted by atomic mass is 15.3. The maximum Gasteiger partial charge on any atom is 0.115 e. The van der Waals surface area contributed by atoms with E-state index in [2.05, 4.69) is 11.2 Å². The molecule has 2 aromatic rings. The van der Waals surface area contributed by atoms with Gasteiger partial charge < -0.3 is 5.73 Å². The minimum absolute atomic E-state index is 0.484. The summed E-state index contributed by atoms with van der Waals surface area (Å²) < 4.78 is 2.03. The monoisotopic (exact) mass is 266 g/mol. The lowest BCUT2D eigenvalue weighted by Gasteiger charge is -2.21. The zero-order chi connectivity index (χ0) is 13.9. The number of nitriles is 1. The van der Waals surface area contributed by atoms with Crippen molar-refractivity contribution >= 4 is 5.69 Å². The van der Waals surface area contributed by atoms with Crippen LogP contribution in [-0.4, -0.2) is 9.78 Å². The Morgan fingerprint density at radius 2 is 1.85 bits per heavy atom. The molecule has 0 amide bonds. The maximum absolute atomic E-state index is 8.83. The van der Waals surface area contributed by atoms with E-state index < -0.39 is 0 Å². The van der Waals surface area contributed by atoms with Crippen molar-refractivity contribution in [3.05, 3.63) is 36.0 Å². The van der Waals surface area contributed by atoms with E-state index in [1.54, 1.807) is 12.1 Å². The lowest BCUT2D eigenvalue weighted by Crippen LogP contribution is -2.13. The van der Waals surface area contributed by atoms with Crippen molar-refractivity contribution < 1.29 is 0 Å². The van der Waals surface area contributed by atoms with E-state index in [-0.39, 0.29) is 0 Å². The second-order valence-electron chi connectivity index (χ2n) is 5.39. The van der Waals surface area contributed by atoms with Crippen LogP contribution < -0.4 is 5.73 Å². The first-order valence-electron chi connectivity index (χ1n) is 7.13. The number of benzene rings is 1. The summed E-state index contributed by atoms with van der Waals surface area (Å²) in [6.07, 6.45) is 8.20. The standard InChI is InChI=1S/C16H18N4/c17-10-12-6-8-13(9-7-12)16-15(18)11-20(19-16)14-4-2-1-3-5-14/h6-9,11,14H,1-5,18H2. The van der Waals surface area contributed by atoms with Crippen molar-refractivity contribution in [3.63, 3.8) is 0 Å². The molecule has 0 radical (unpaired) electrons. The molecule has 0 unspecified atom stereocenters.